The van der Waals surface area contributed by atoms with Crippen molar-refractivity contribution in [1.82, 2.24) is 0 Å². The minimum atomic E-state index is -0.123. The molecule has 170 valence electrons. The van der Waals surface area contributed by atoms with Gasteiger partial charge in [0.1, 0.15) is 0 Å². The number of aliphatic hydroxyl groups is 1. The maximum Gasteiger partial charge on any atom is 0.0594 e. The van der Waals surface area contributed by atoms with Crippen LogP contribution in [0.15, 0.2) is 22.8 Å². The fourth-order valence-corrected chi connectivity index (χ4v) is 9.00. The number of hydrogen-bond donors (Lipinski definition) is 1. The molecule has 0 aromatic rings. The smallest absolute Gasteiger partial charge is 0.0594 e. The molecule has 0 heterocycles. The van der Waals surface area contributed by atoms with Crippen LogP contribution in [0.5, 0.6) is 0 Å². The van der Waals surface area contributed by atoms with Crippen LogP contribution in [0.2, 0.25) is 0 Å². The first-order chi connectivity index (χ1) is 14.0. The summed E-state index contributed by atoms with van der Waals surface area (Å²) in [6, 6.07) is 0. The Morgan fingerprint density at radius 2 is 1.60 bits per heavy atom. The van der Waals surface area contributed by atoms with E-state index in [0.717, 1.165) is 24.2 Å². The first kappa shape index (κ1) is 22.6. The summed E-state index contributed by atoms with van der Waals surface area (Å²) in [6.07, 6.45) is 15.3. The van der Waals surface area contributed by atoms with Crippen molar-refractivity contribution in [3.63, 3.8) is 0 Å². The summed E-state index contributed by atoms with van der Waals surface area (Å²) in [4.78, 5) is 0. The topological polar surface area (TPSA) is 20.2 Å². The highest BCUT2D eigenvalue weighted by molar-refractivity contribution is 5.37. The minimum Gasteiger partial charge on any atom is -0.393 e. The summed E-state index contributed by atoms with van der Waals surface area (Å²) in [6.45, 7) is 16.9. The zero-order chi connectivity index (χ0) is 21.9. The Morgan fingerprint density at radius 3 is 2.30 bits per heavy atom. The fraction of sp³-hybridized carbons (Fsp3) is 0.862. The molecule has 2 saturated carbocycles. The number of aliphatic hydroxyl groups excluding tert-OH is 1. The third-order valence-electron chi connectivity index (χ3n) is 10.8. The summed E-state index contributed by atoms with van der Waals surface area (Å²) >= 11 is 0. The molecule has 0 aromatic heterocycles. The molecule has 4 aliphatic carbocycles. The predicted molar refractivity (Wildman–Crippen MR) is 128 cm³/mol. The van der Waals surface area contributed by atoms with Crippen molar-refractivity contribution in [2.45, 2.75) is 119 Å². The quantitative estimate of drug-likeness (QED) is 0.462. The third-order valence-corrected chi connectivity index (χ3v) is 10.8. The Bertz CT molecular complexity index is 723. The van der Waals surface area contributed by atoms with E-state index in [1.54, 1.807) is 0 Å². The van der Waals surface area contributed by atoms with Crippen LogP contribution in [0.4, 0.5) is 0 Å². The summed E-state index contributed by atoms with van der Waals surface area (Å²) in [5.74, 6) is 3.32. The predicted octanol–water partition coefficient (Wildman–Crippen LogP) is 8.09. The molecule has 0 aromatic carbocycles. The Labute approximate surface area is 186 Å². The Morgan fingerprint density at radius 1 is 0.967 bits per heavy atom. The van der Waals surface area contributed by atoms with E-state index in [0.29, 0.717) is 16.7 Å². The molecule has 2 fully saturated rings. The first-order valence-corrected chi connectivity index (χ1v) is 13.1. The van der Waals surface area contributed by atoms with Crippen LogP contribution in [-0.2, 0) is 0 Å². The van der Waals surface area contributed by atoms with Crippen molar-refractivity contribution in [2.75, 3.05) is 0 Å². The lowest BCUT2D eigenvalue weighted by atomic mass is 9.45. The number of hydrogen-bond acceptors (Lipinski definition) is 1. The van der Waals surface area contributed by atoms with E-state index >= 15 is 0 Å². The highest BCUT2D eigenvalue weighted by atomic mass is 16.3. The monoisotopic (exact) mass is 412 g/mol. The van der Waals surface area contributed by atoms with Crippen LogP contribution in [-0.4, -0.2) is 11.2 Å². The molecule has 4 rings (SSSR count). The highest BCUT2D eigenvalue weighted by Gasteiger charge is 2.59. The van der Waals surface area contributed by atoms with Gasteiger partial charge in [-0.15, -0.1) is 0 Å². The molecule has 0 aliphatic heterocycles. The van der Waals surface area contributed by atoms with E-state index < -0.39 is 0 Å². The van der Waals surface area contributed by atoms with Gasteiger partial charge in [-0.25, -0.2) is 0 Å². The summed E-state index contributed by atoms with van der Waals surface area (Å²) in [7, 11) is 0. The third kappa shape index (κ3) is 3.37. The van der Waals surface area contributed by atoms with Crippen LogP contribution in [0.25, 0.3) is 0 Å². The molecule has 1 N–H and O–H groups in total. The first-order valence-electron chi connectivity index (χ1n) is 13.1. The van der Waals surface area contributed by atoms with Gasteiger partial charge in [0.25, 0.3) is 0 Å². The van der Waals surface area contributed by atoms with E-state index in [1.807, 2.05) is 11.1 Å². The fourth-order valence-electron chi connectivity index (χ4n) is 9.00. The lowest BCUT2D eigenvalue weighted by Crippen LogP contribution is -2.53. The lowest BCUT2D eigenvalue weighted by molar-refractivity contribution is -0.0931. The van der Waals surface area contributed by atoms with Crippen molar-refractivity contribution < 1.29 is 5.11 Å². The minimum absolute atomic E-state index is 0.0565. The molecule has 4 aliphatic rings. The summed E-state index contributed by atoms with van der Waals surface area (Å²) < 4.78 is 0. The molecular formula is C29H48O. The molecule has 0 saturated heterocycles. The average molecular weight is 413 g/mol. The molecule has 0 bridgehead atoms. The largest absolute Gasteiger partial charge is 0.393 e. The van der Waals surface area contributed by atoms with Crippen molar-refractivity contribution in [3.05, 3.63) is 22.8 Å². The molecule has 0 spiro atoms. The standard InChI is InChI=1S/C29H48O/c1-19(2)9-8-10-20(3)21-15-17-28(6)22(21)11-12-24-23(28)13-14-25-27(4,5)26(30)16-18-29(24,25)7/h9,20-22,25-26,30H,8,10-18H2,1-7H3/t20-,21-,22-,25-,26+,28+,29-/m1/s1. The van der Waals surface area contributed by atoms with Gasteiger partial charge in [0, 0.05) is 0 Å². The maximum atomic E-state index is 10.8. The molecule has 30 heavy (non-hydrogen) atoms. The molecular weight excluding hydrogens is 364 g/mol. The second-order valence-corrected chi connectivity index (χ2v) is 12.9. The lowest BCUT2D eigenvalue weighted by Gasteiger charge is -2.60. The van der Waals surface area contributed by atoms with Crippen molar-refractivity contribution in [1.29, 1.82) is 0 Å². The van der Waals surface area contributed by atoms with E-state index in [2.05, 4.69) is 54.5 Å². The second kappa shape index (κ2) is 7.79. The number of fused-ring (bicyclic) bond motifs is 4. The average Bonchev–Trinajstić information content (AvgIpc) is 3.02. The van der Waals surface area contributed by atoms with Crippen molar-refractivity contribution >= 4 is 0 Å². The highest BCUT2D eigenvalue weighted by Crippen LogP contribution is 2.68. The van der Waals surface area contributed by atoms with E-state index in [1.165, 1.54) is 63.4 Å². The second-order valence-electron chi connectivity index (χ2n) is 12.9. The summed E-state index contributed by atoms with van der Waals surface area (Å²) in [5.41, 5.74) is 6.06. The van der Waals surface area contributed by atoms with Gasteiger partial charge in [0.2, 0.25) is 0 Å². The number of allylic oxidation sites excluding steroid dienone is 4. The molecule has 7 atom stereocenters. The normalized spacial score (nSPS) is 43.5. The van der Waals surface area contributed by atoms with Gasteiger partial charge in [0.15, 0.2) is 0 Å². The van der Waals surface area contributed by atoms with Crippen LogP contribution in [0.3, 0.4) is 0 Å². The molecule has 0 unspecified atom stereocenters. The van der Waals surface area contributed by atoms with Crippen LogP contribution < -0.4 is 0 Å². The van der Waals surface area contributed by atoms with Crippen LogP contribution >= 0.6 is 0 Å². The molecule has 0 amide bonds. The van der Waals surface area contributed by atoms with Gasteiger partial charge in [-0.3, -0.25) is 0 Å². The van der Waals surface area contributed by atoms with Gasteiger partial charge >= 0.3 is 0 Å². The zero-order valence-electron chi connectivity index (χ0n) is 21.0. The zero-order valence-corrected chi connectivity index (χ0v) is 21.0. The van der Waals surface area contributed by atoms with E-state index in [-0.39, 0.29) is 11.5 Å². The van der Waals surface area contributed by atoms with E-state index in [9.17, 15) is 5.11 Å². The summed E-state index contributed by atoms with van der Waals surface area (Å²) in [5, 5.41) is 10.8. The van der Waals surface area contributed by atoms with Crippen LogP contribution in [0, 0.1) is 39.9 Å². The van der Waals surface area contributed by atoms with Crippen molar-refractivity contribution in [2.24, 2.45) is 39.9 Å². The maximum absolute atomic E-state index is 10.8. The van der Waals surface area contributed by atoms with Crippen LogP contribution in [0.1, 0.15) is 113 Å². The van der Waals surface area contributed by atoms with Gasteiger partial charge in [-0.2, -0.15) is 0 Å². The van der Waals surface area contributed by atoms with Gasteiger partial charge < -0.3 is 5.11 Å². The SMILES string of the molecule is CC(C)=CCC[C@@H](C)[C@H]1CC[C@]2(C)C3=C(CC[C@H]12)[C@@]1(C)CC[C@H](O)C(C)(C)[C@H]1CC3. The Kier molecular flexibility index (Phi) is 5.87. The Hall–Kier alpha value is -0.560. The molecule has 1 nitrogen and oxygen atoms in total. The molecule has 0 radical (unpaired) electrons. The van der Waals surface area contributed by atoms with Gasteiger partial charge in [-0.05, 0) is 118 Å². The Balaban J connectivity index is 1.59. The van der Waals surface area contributed by atoms with Crippen molar-refractivity contribution in [3.8, 4) is 0 Å². The van der Waals surface area contributed by atoms with Gasteiger partial charge in [0.05, 0.1) is 6.10 Å². The number of rotatable bonds is 4. The van der Waals surface area contributed by atoms with Gasteiger partial charge in [-0.1, -0.05) is 57.4 Å². The molecule has 1 heteroatoms. The van der Waals surface area contributed by atoms with E-state index in [4.69, 9.17) is 0 Å².